The number of nitro benzene ring substituents is 1. The maximum Gasteiger partial charge on any atom is 0.294 e. The maximum atomic E-state index is 13.2. The number of nitro groups is 1. The van der Waals surface area contributed by atoms with Crippen LogP contribution < -0.4 is 5.56 Å². The van der Waals surface area contributed by atoms with E-state index in [0.717, 1.165) is 11.1 Å². The van der Waals surface area contributed by atoms with E-state index in [1.54, 1.807) is 42.5 Å². The molecule has 31 heavy (non-hydrogen) atoms. The quantitative estimate of drug-likeness (QED) is 0.290. The van der Waals surface area contributed by atoms with Gasteiger partial charge in [0, 0.05) is 23.1 Å². The largest absolute Gasteiger partial charge is 0.494 e. The zero-order valence-electron chi connectivity index (χ0n) is 16.9. The van der Waals surface area contributed by atoms with Crippen molar-refractivity contribution >= 4 is 28.4 Å². The number of benzene rings is 3. The van der Waals surface area contributed by atoms with Crippen LogP contribution in [0.3, 0.4) is 0 Å². The van der Waals surface area contributed by atoms with Gasteiger partial charge in [-0.1, -0.05) is 36.4 Å². The number of para-hydroxylation sites is 2. The molecule has 0 aliphatic heterocycles. The van der Waals surface area contributed by atoms with Gasteiger partial charge >= 0.3 is 0 Å². The van der Waals surface area contributed by atoms with Crippen LogP contribution in [0.4, 0.5) is 11.4 Å². The first kappa shape index (κ1) is 20.0. The molecule has 0 radical (unpaired) electrons. The smallest absolute Gasteiger partial charge is 0.294 e. The van der Waals surface area contributed by atoms with Crippen molar-refractivity contribution < 1.29 is 10.0 Å². The Morgan fingerprint density at radius 2 is 1.65 bits per heavy atom. The summed E-state index contributed by atoms with van der Waals surface area (Å²) in [5.41, 5.74) is 2.51. The number of aliphatic imine (C=N–C) groups is 1. The van der Waals surface area contributed by atoms with Crippen LogP contribution in [0.25, 0.3) is 16.5 Å². The number of aromatic nitrogens is 1. The molecule has 0 fully saturated rings. The lowest BCUT2D eigenvalue weighted by Crippen LogP contribution is -2.20. The minimum Gasteiger partial charge on any atom is -0.494 e. The molecule has 0 aliphatic rings. The summed E-state index contributed by atoms with van der Waals surface area (Å²) in [5.74, 6) is -0.283. The van der Waals surface area contributed by atoms with Crippen LogP contribution in [0.1, 0.15) is 16.7 Å². The fourth-order valence-electron chi connectivity index (χ4n) is 3.46. The summed E-state index contributed by atoms with van der Waals surface area (Å²) in [6, 6.07) is 18.4. The standard InChI is InChI=1S/C24H19N3O4/c1-15-11-12-17(13-16(15)2)26-23(28)19-8-4-3-7-18(19)20(24(26)29)14-25-21-9-5-6-10-22(21)27(30)31/h3-14,29H,1-2H3. The van der Waals surface area contributed by atoms with Crippen LogP contribution >= 0.6 is 0 Å². The Balaban J connectivity index is 1.99. The minimum absolute atomic E-state index is 0.148. The number of aromatic hydroxyl groups is 1. The Morgan fingerprint density at radius 1 is 0.968 bits per heavy atom. The SMILES string of the molecule is Cc1ccc(-n2c(O)c(C=Nc3ccccc3[N+](=O)[O-])c3ccccc3c2=O)cc1C. The second-order valence-electron chi connectivity index (χ2n) is 7.20. The number of fused-ring (bicyclic) bond motifs is 1. The van der Waals surface area contributed by atoms with E-state index < -0.39 is 4.92 Å². The molecule has 7 heteroatoms. The Morgan fingerprint density at radius 3 is 2.35 bits per heavy atom. The van der Waals surface area contributed by atoms with Crippen LogP contribution in [-0.2, 0) is 0 Å². The van der Waals surface area contributed by atoms with E-state index in [1.165, 1.54) is 22.9 Å². The Bertz CT molecular complexity index is 1420. The van der Waals surface area contributed by atoms with Crippen LogP contribution in [-0.4, -0.2) is 20.8 Å². The van der Waals surface area contributed by atoms with Crippen molar-refractivity contribution in [2.45, 2.75) is 13.8 Å². The summed E-state index contributed by atoms with van der Waals surface area (Å²) in [6.07, 6.45) is 1.36. The molecule has 1 aromatic heterocycles. The van der Waals surface area contributed by atoms with Gasteiger partial charge in [-0.2, -0.15) is 0 Å². The zero-order valence-corrected chi connectivity index (χ0v) is 16.9. The lowest BCUT2D eigenvalue weighted by molar-refractivity contribution is -0.384. The molecule has 154 valence electrons. The summed E-state index contributed by atoms with van der Waals surface area (Å²) in [5, 5.41) is 23.3. The van der Waals surface area contributed by atoms with E-state index in [0.29, 0.717) is 22.0 Å². The molecule has 1 heterocycles. The Hall–Kier alpha value is -4.26. The van der Waals surface area contributed by atoms with Gasteiger partial charge in [-0.15, -0.1) is 0 Å². The average molecular weight is 413 g/mol. The molecule has 0 saturated heterocycles. The lowest BCUT2D eigenvalue weighted by atomic mass is 10.1. The van der Waals surface area contributed by atoms with Crippen molar-refractivity contribution in [3.05, 3.63) is 104 Å². The Kier molecular flexibility index (Phi) is 5.09. The van der Waals surface area contributed by atoms with Crippen molar-refractivity contribution in [3.8, 4) is 11.6 Å². The topological polar surface area (TPSA) is 97.7 Å². The first-order valence-corrected chi connectivity index (χ1v) is 9.60. The fraction of sp³-hybridized carbons (Fsp3) is 0.0833. The van der Waals surface area contributed by atoms with E-state index in [9.17, 15) is 20.0 Å². The maximum absolute atomic E-state index is 13.2. The molecular weight excluding hydrogens is 394 g/mol. The molecule has 0 saturated carbocycles. The highest BCUT2D eigenvalue weighted by Crippen LogP contribution is 2.30. The van der Waals surface area contributed by atoms with Gasteiger partial charge in [0.15, 0.2) is 0 Å². The van der Waals surface area contributed by atoms with E-state index in [1.807, 2.05) is 26.0 Å². The molecule has 0 amide bonds. The van der Waals surface area contributed by atoms with Gasteiger partial charge in [0.1, 0.15) is 5.69 Å². The van der Waals surface area contributed by atoms with Crippen LogP contribution in [0.2, 0.25) is 0 Å². The molecule has 0 atom stereocenters. The van der Waals surface area contributed by atoms with Crippen molar-refractivity contribution in [1.82, 2.24) is 4.57 Å². The highest BCUT2D eigenvalue weighted by atomic mass is 16.6. The van der Waals surface area contributed by atoms with E-state index >= 15 is 0 Å². The van der Waals surface area contributed by atoms with Gasteiger partial charge in [-0.05, 0) is 49.2 Å². The third kappa shape index (κ3) is 3.57. The molecule has 4 rings (SSSR count). The molecule has 0 unspecified atom stereocenters. The van der Waals surface area contributed by atoms with Crippen molar-refractivity contribution in [3.63, 3.8) is 0 Å². The predicted molar refractivity (Wildman–Crippen MR) is 121 cm³/mol. The number of pyridine rings is 1. The van der Waals surface area contributed by atoms with Crippen molar-refractivity contribution in [2.24, 2.45) is 4.99 Å². The molecule has 3 aromatic carbocycles. The van der Waals surface area contributed by atoms with Crippen LogP contribution in [0.5, 0.6) is 5.88 Å². The van der Waals surface area contributed by atoms with Crippen LogP contribution in [0, 0.1) is 24.0 Å². The van der Waals surface area contributed by atoms with Crippen molar-refractivity contribution in [2.75, 3.05) is 0 Å². The third-order valence-corrected chi connectivity index (χ3v) is 5.26. The van der Waals surface area contributed by atoms with E-state index in [-0.39, 0.29) is 22.8 Å². The second-order valence-corrected chi connectivity index (χ2v) is 7.20. The molecule has 0 bridgehead atoms. The van der Waals surface area contributed by atoms with E-state index in [4.69, 9.17) is 0 Å². The first-order chi connectivity index (χ1) is 14.9. The Labute approximate surface area is 177 Å². The second kappa shape index (κ2) is 7.87. The van der Waals surface area contributed by atoms with Gasteiger partial charge in [-0.3, -0.25) is 14.9 Å². The molecular formula is C24H19N3O4. The van der Waals surface area contributed by atoms with Gasteiger partial charge < -0.3 is 5.11 Å². The molecule has 4 aromatic rings. The summed E-state index contributed by atoms with van der Waals surface area (Å²) >= 11 is 0. The normalized spacial score (nSPS) is 11.3. The molecule has 0 spiro atoms. The fourth-order valence-corrected chi connectivity index (χ4v) is 3.46. The summed E-state index contributed by atoms with van der Waals surface area (Å²) in [7, 11) is 0. The summed E-state index contributed by atoms with van der Waals surface area (Å²) in [6.45, 7) is 3.89. The lowest BCUT2D eigenvalue weighted by Gasteiger charge is -2.14. The molecule has 7 nitrogen and oxygen atoms in total. The summed E-state index contributed by atoms with van der Waals surface area (Å²) < 4.78 is 1.23. The zero-order chi connectivity index (χ0) is 22.1. The summed E-state index contributed by atoms with van der Waals surface area (Å²) in [4.78, 5) is 28.2. The molecule has 1 N–H and O–H groups in total. The van der Waals surface area contributed by atoms with Crippen LogP contribution in [0.15, 0.2) is 76.5 Å². The number of aryl methyl sites for hydroxylation is 2. The monoisotopic (exact) mass is 413 g/mol. The van der Waals surface area contributed by atoms with Crippen molar-refractivity contribution in [1.29, 1.82) is 0 Å². The van der Waals surface area contributed by atoms with Gasteiger partial charge in [-0.25, -0.2) is 9.56 Å². The molecule has 0 aliphatic carbocycles. The highest BCUT2D eigenvalue weighted by molar-refractivity contribution is 6.02. The third-order valence-electron chi connectivity index (χ3n) is 5.26. The average Bonchev–Trinajstić information content (AvgIpc) is 2.76. The van der Waals surface area contributed by atoms with E-state index in [2.05, 4.69) is 4.99 Å². The first-order valence-electron chi connectivity index (χ1n) is 9.60. The van der Waals surface area contributed by atoms with Gasteiger partial charge in [0.25, 0.3) is 11.2 Å². The predicted octanol–water partition coefficient (Wildman–Crippen LogP) is 4.97. The number of nitrogens with zero attached hydrogens (tertiary/aromatic N) is 3. The van der Waals surface area contributed by atoms with Gasteiger partial charge in [0.2, 0.25) is 5.88 Å². The minimum atomic E-state index is -0.513. The number of hydrogen-bond donors (Lipinski definition) is 1. The number of hydrogen-bond acceptors (Lipinski definition) is 5. The van der Waals surface area contributed by atoms with Gasteiger partial charge in [0.05, 0.1) is 16.2 Å². The highest BCUT2D eigenvalue weighted by Gasteiger charge is 2.17. The number of rotatable bonds is 4.